The van der Waals surface area contributed by atoms with Crippen molar-refractivity contribution in [3.63, 3.8) is 0 Å². The predicted octanol–water partition coefficient (Wildman–Crippen LogP) is 4.46. The van der Waals surface area contributed by atoms with Gasteiger partial charge < -0.3 is 9.25 Å². The smallest absolute Gasteiger partial charge is 0.190 e. The fraction of sp³-hybridized carbons (Fsp3) is 0. The van der Waals surface area contributed by atoms with E-state index in [0.29, 0.717) is 0 Å². The number of nitrogens with one attached hydrogen (secondary N) is 1. The van der Waals surface area contributed by atoms with E-state index in [1.165, 1.54) is 11.9 Å². The van der Waals surface area contributed by atoms with E-state index in [1.807, 2.05) is 60.7 Å². The lowest BCUT2D eigenvalue weighted by molar-refractivity contribution is 0.432. The van der Waals surface area contributed by atoms with Crippen LogP contribution in [0.15, 0.2) is 76.3 Å². The molecule has 0 aliphatic rings. The molecule has 0 atom stereocenters. The topological polar surface area (TPSA) is 38.1 Å². The molecule has 1 aromatic heterocycles. The van der Waals surface area contributed by atoms with E-state index >= 15 is 0 Å². The quantitative estimate of drug-likeness (QED) is 0.709. The van der Waals surface area contributed by atoms with Gasteiger partial charge in [-0.3, -0.25) is 0 Å². The number of benzene rings is 2. The van der Waals surface area contributed by atoms with Crippen LogP contribution in [0.1, 0.15) is 0 Å². The van der Waals surface area contributed by atoms with Crippen molar-refractivity contribution in [2.45, 2.75) is 4.90 Å². The zero-order valence-corrected chi connectivity index (χ0v) is 10.9. The summed E-state index contributed by atoms with van der Waals surface area (Å²) in [6, 6.07) is 20.0. The molecule has 0 aliphatic heterocycles. The van der Waals surface area contributed by atoms with Crippen LogP contribution in [0.2, 0.25) is 0 Å². The van der Waals surface area contributed by atoms with Crippen molar-refractivity contribution in [1.82, 2.24) is 5.16 Å². The first-order valence-corrected chi connectivity index (χ1v) is 6.73. The third-order valence-electron chi connectivity index (χ3n) is 2.63. The highest BCUT2D eigenvalue weighted by atomic mass is 32.2. The van der Waals surface area contributed by atoms with Crippen molar-refractivity contribution in [2.75, 3.05) is 4.72 Å². The van der Waals surface area contributed by atoms with Gasteiger partial charge in [0.25, 0.3) is 0 Å². The molecule has 19 heavy (non-hydrogen) atoms. The minimum Gasteiger partial charge on any atom is -0.354 e. The third-order valence-corrected chi connectivity index (χ3v) is 3.46. The van der Waals surface area contributed by atoms with Gasteiger partial charge in [0.2, 0.25) is 0 Å². The van der Waals surface area contributed by atoms with Crippen LogP contribution in [0.25, 0.3) is 11.3 Å². The number of anilines is 1. The monoisotopic (exact) mass is 268 g/mol. The highest BCUT2D eigenvalue weighted by Crippen LogP contribution is 2.30. The summed E-state index contributed by atoms with van der Waals surface area (Å²) in [5.41, 5.74) is 1.89. The van der Waals surface area contributed by atoms with Crippen LogP contribution in [-0.4, -0.2) is 5.16 Å². The molecule has 4 heteroatoms. The Labute approximate surface area is 115 Å². The summed E-state index contributed by atoms with van der Waals surface area (Å²) < 4.78 is 8.58. The van der Waals surface area contributed by atoms with Crippen molar-refractivity contribution in [3.8, 4) is 11.3 Å². The highest BCUT2D eigenvalue weighted by Gasteiger charge is 2.10. The van der Waals surface area contributed by atoms with Crippen LogP contribution in [0, 0.1) is 0 Å². The van der Waals surface area contributed by atoms with Crippen LogP contribution < -0.4 is 4.72 Å². The van der Waals surface area contributed by atoms with Gasteiger partial charge in [0.05, 0.1) is 6.20 Å². The Kier molecular flexibility index (Phi) is 3.51. The summed E-state index contributed by atoms with van der Waals surface area (Å²) in [6.07, 6.45) is 1.69. The molecule has 0 bridgehead atoms. The number of hydrogen-bond donors (Lipinski definition) is 1. The fourth-order valence-electron chi connectivity index (χ4n) is 1.71. The Morgan fingerprint density at radius 1 is 0.895 bits per heavy atom. The Balaban J connectivity index is 1.78. The predicted molar refractivity (Wildman–Crippen MR) is 77.9 cm³/mol. The molecule has 0 fully saturated rings. The summed E-state index contributed by atoms with van der Waals surface area (Å²) in [5.74, 6) is 0.754. The van der Waals surface area contributed by atoms with Crippen LogP contribution in [-0.2, 0) is 0 Å². The average Bonchev–Trinajstić information content (AvgIpc) is 2.95. The molecule has 94 valence electrons. The van der Waals surface area contributed by atoms with Gasteiger partial charge in [0.1, 0.15) is 5.69 Å². The lowest BCUT2D eigenvalue weighted by atomic mass is 10.1. The molecular weight excluding hydrogens is 256 g/mol. The maximum Gasteiger partial charge on any atom is 0.190 e. The second-order valence-electron chi connectivity index (χ2n) is 3.95. The molecule has 1 N–H and O–H groups in total. The van der Waals surface area contributed by atoms with Crippen LogP contribution >= 0.6 is 11.9 Å². The number of hydrogen-bond acceptors (Lipinski definition) is 4. The molecule has 0 aliphatic carbocycles. The molecule has 1 heterocycles. The Morgan fingerprint density at radius 3 is 2.32 bits per heavy atom. The van der Waals surface area contributed by atoms with Gasteiger partial charge in [-0.25, -0.2) is 0 Å². The first kappa shape index (κ1) is 11.9. The van der Waals surface area contributed by atoms with Gasteiger partial charge in [0.15, 0.2) is 5.76 Å². The van der Waals surface area contributed by atoms with Crippen LogP contribution in [0.3, 0.4) is 0 Å². The van der Waals surface area contributed by atoms with Gasteiger partial charge in [-0.05, 0) is 24.1 Å². The lowest BCUT2D eigenvalue weighted by Crippen LogP contribution is -1.86. The van der Waals surface area contributed by atoms with Crippen molar-refractivity contribution < 1.29 is 4.52 Å². The number of aromatic nitrogens is 1. The van der Waals surface area contributed by atoms with Crippen molar-refractivity contribution >= 4 is 17.6 Å². The van der Waals surface area contributed by atoms with Gasteiger partial charge in [0, 0.05) is 10.5 Å². The van der Waals surface area contributed by atoms with E-state index in [9.17, 15) is 0 Å². The molecule has 0 radical (unpaired) electrons. The van der Waals surface area contributed by atoms with E-state index in [1.54, 1.807) is 6.20 Å². The second-order valence-corrected chi connectivity index (χ2v) is 4.83. The minimum absolute atomic E-state index is 0.754. The molecular formula is C15H12N2OS. The van der Waals surface area contributed by atoms with Crippen molar-refractivity contribution in [2.24, 2.45) is 0 Å². The molecule has 0 saturated carbocycles. The van der Waals surface area contributed by atoms with Crippen LogP contribution in [0.4, 0.5) is 5.69 Å². The lowest BCUT2D eigenvalue weighted by Gasteiger charge is -2.04. The van der Waals surface area contributed by atoms with Crippen LogP contribution in [0.5, 0.6) is 0 Å². The molecule has 0 unspecified atom stereocenters. The summed E-state index contributed by atoms with van der Waals surface area (Å²) in [7, 11) is 0. The average molecular weight is 268 g/mol. The van der Waals surface area contributed by atoms with E-state index in [2.05, 4.69) is 9.88 Å². The van der Waals surface area contributed by atoms with Gasteiger partial charge >= 0.3 is 0 Å². The standard InChI is InChI=1S/C15H12N2OS/c1-3-7-12(8-4-1)15-14(11-16-18-15)17-19-13-9-5-2-6-10-13/h1-11,17H. The van der Waals surface area contributed by atoms with Crippen molar-refractivity contribution in [1.29, 1.82) is 0 Å². The fourth-order valence-corrected chi connectivity index (χ4v) is 2.38. The van der Waals surface area contributed by atoms with Gasteiger partial charge in [-0.2, -0.15) is 0 Å². The summed E-state index contributed by atoms with van der Waals surface area (Å²) in [5, 5.41) is 3.86. The highest BCUT2D eigenvalue weighted by molar-refractivity contribution is 8.00. The summed E-state index contributed by atoms with van der Waals surface area (Å²) in [6.45, 7) is 0. The summed E-state index contributed by atoms with van der Waals surface area (Å²) >= 11 is 1.54. The molecule has 3 rings (SSSR count). The first-order chi connectivity index (χ1) is 9.43. The zero-order valence-electron chi connectivity index (χ0n) is 10.1. The van der Waals surface area contributed by atoms with E-state index in [4.69, 9.17) is 4.52 Å². The molecule has 3 nitrogen and oxygen atoms in total. The Hall–Kier alpha value is -2.20. The first-order valence-electron chi connectivity index (χ1n) is 5.91. The molecule has 3 aromatic rings. The van der Waals surface area contributed by atoms with Gasteiger partial charge in [-0.1, -0.05) is 53.7 Å². The third kappa shape index (κ3) is 2.80. The molecule has 0 saturated heterocycles. The normalized spacial score (nSPS) is 10.3. The number of rotatable bonds is 4. The second kappa shape index (κ2) is 5.63. The maximum absolute atomic E-state index is 5.31. The number of nitrogens with zero attached hydrogens (tertiary/aromatic N) is 1. The summed E-state index contributed by atoms with van der Waals surface area (Å²) in [4.78, 5) is 1.14. The molecule has 0 amide bonds. The zero-order chi connectivity index (χ0) is 12.9. The SMILES string of the molecule is c1ccc(SNc2cnoc2-c2ccccc2)cc1. The van der Waals surface area contributed by atoms with Gasteiger partial charge in [-0.15, -0.1) is 0 Å². The van der Waals surface area contributed by atoms with Crippen molar-refractivity contribution in [3.05, 3.63) is 66.9 Å². The largest absolute Gasteiger partial charge is 0.354 e. The Bertz CT molecular complexity index is 638. The molecule has 2 aromatic carbocycles. The molecule has 0 spiro atoms. The Morgan fingerprint density at radius 2 is 1.58 bits per heavy atom. The maximum atomic E-state index is 5.31. The van der Waals surface area contributed by atoms with E-state index < -0.39 is 0 Å². The minimum atomic E-state index is 0.754. The van der Waals surface area contributed by atoms with E-state index in [0.717, 1.165) is 21.9 Å². The van der Waals surface area contributed by atoms with E-state index in [-0.39, 0.29) is 0 Å².